The summed E-state index contributed by atoms with van der Waals surface area (Å²) in [7, 11) is 1.40. The van der Waals surface area contributed by atoms with Crippen LogP contribution in [0.1, 0.15) is 98.3 Å². The minimum atomic E-state index is -0.585. The van der Waals surface area contributed by atoms with Crippen LogP contribution in [0.5, 0.6) is 0 Å². The molecule has 1 amide bonds. The average Bonchev–Trinajstić information content (AvgIpc) is 3.38. The second kappa shape index (κ2) is 14.9. The predicted molar refractivity (Wildman–Crippen MR) is 138 cm³/mol. The zero-order chi connectivity index (χ0) is 26.6. The Labute approximate surface area is 217 Å². The van der Waals surface area contributed by atoms with Crippen LogP contribution in [0.3, 0.4) is 0 Å². The standard InChI is InChI=1S/C28H49NO7/c1-6-7-12-16-28(34-18-19-35-28)17-15-21-22(13-10-8-9-11-14-25(31)33-5)24(30)20-23(21)29-26(32)36-27(2,3)4/h8,10,21-24,30H,6-7,9,11-20H2,1-5H3,(H,29,32)/b10-8-/t21-,22-,23?,24?/m1/s1. The third-order valence-electron chi connectivity index (χ3n) is 7.15. The monoisotopic (exact) mass is 511 g/mol. The smallest absolute Gasteiger partial charge is 0.407 e. The Morgan fingerprint density at radius 3 is 2.44 bits per heavy atom. The van der Waals surface area contributed by atoms with E-state index in [2.05, 4.69) is 29.1 Å². The van der Waals surface area contributed by atoms with Gasteiger partial charge in [-0.25, -0.2) is 4.79 Å². The Hall–Kier alpha value is -1.64. The molecule has 8 heteroatoms. The maximum Gasteiger partial charge on any atom is 0.407 e. The molecule has 2 fully saturated rings. The quantitative estimate of drug-likeness (QED) is 0.186. The molecule has 0 aromatic heterocycles. The summed E-state index contributed by atoms with van der Waals surface area (Å²) >= 11 is 0. The number of aliphatic hydroxyl groups excluding tert-OH is 1. The number of amides is 1. The molecule has 0 aromatic carbocycles. The molecule has 8 nitrogen and oxygen atoms in total. The van der Waals surface area contributed by atoms with Crippen LogP contribution in [0.15, 0.2) is 12.2 Å². The third kappa shape index (κ3) is 10.4. The number of carbonyl (C=O) groups is 2. The number of methoxy groups -OCH3 is 1. The summed E-state index contributed by atoms with van der Waals surface area (Å²) in [6.45, 7) is 8.93. The zero-order valence-corrected chi connectivity index (χ0v) is 23.1. The Morgan fingerprint density at radius 2 is 1.81 bits per heavy atom. The molecule has 1 aliphatic carbocycles. The molecule has 2 N–H and O–H groups in total. The number of carbonyl (C=O) groups excluding carboxylic acids is 2. The zero-order valence-electron chi connectivity index (χ0n) is 23.1. The second-order valence-corrected chi connectivity index (χ2v) is 11.2. The largest absolute Gasteiger partial charge is 0.469 e. The van der Waals surface area contributed by atoms with Gasteiger partial charge in [-0.15, -0.1) is 0 Å². The SMILES string of the molecule is CCCCCC1(CC[C@H]2C(NC(=O)OC(C)(C)C)CC(O)[C@@H]2C/C=C\CCCC(=O)OC)OCCO1. The molecular weight excluding hydrogens is 462 g/mol. The van der Waals surface area contributed by atoms with Crippen molar-refractivity contribution < 1.29 is 33.6 Å². The lowest BCUT2D eigenvalue weighted by Gasteiger charge is -2.32. The summed E-state index contributed by atoms with van der Waals surface area (Å²) in [5, 5.41) is 14.0. The van der Waals surface area contributed by atoms with Crippen LogP contribution in [-0.2, 0) is 23.7 Å². The van der Waals surface area contributed by atoms with Gasteiger partial charge in [0.05, 0.1) is 26.4 Å². The van der Waals surface area contributed by atoms with Crippen molar-refractivity contribution in [2.45, 2.75) is 122 Å². The molecule has 36 heavy (non-hydrogen) atoms. The summed E-state index contributed by atoms with van der Waals surface area (Å²) < 4.78 is 22.4. The first-order valence-electron chi connectivity index (χ1n) is 13.8. The van der Waals surface area contributed by atoms with Crippen LogP contribution in [0, 0.1) is 11.8 Å². The van der Waals surface area contributed by atoms with E-state index in [0.29, 0.717) is 32.5 Å². The first kappa shape index (κ1) is 30.6. The first-order chi connectivity index (χ1) is 17.1. The molecule has 0 bridgehead atoms. The van der Waals surface area contributed by atoms with E-state index in [9.17, 15) is 14.7 Å². The fourth-order valence-corrected chi connectivity index (χ4v) is 5.34. The molecule has 2 unspecified atom stereocenters. The van der Waals surface area contributed by atoms with E-state index >= 15 is 0 Å². The number of unbranched alkanes of at least 4 members (excludes halogenated alkanes) is 3. The molecule has 4 atom stereocenters. The van der Waals surface area contributed by atoms with E-state index < -0.39 is 23.6 Å². The molecule has 2 aliphatic rings. The lowest BCUT2D eigenvalue weighted by molar-refractivity contribution is -0.171. The number of nitrogens with one attached hydrogen (secondary N) is 1. The summed E-state index contributed by atoms with van der Waals surface area (Å²) in [5.74, 6) is -0.679. The molecule has 1 aliphatic heterocycles. The van der Waals surface area contributed by atoms with E-state index in [0.717, 1.165) is 51.4 Å². The van der Waals surface area contributed by atoms with Crippen LogP contribution in [0.25, 0.3) is 0 Å². The normalized spacial score (nSPS) is 25.8. The first-order valence-corrected chi connectivity index (χ1v) is 13.8. The van der Waals surface area contributed by atoms with E-state index in [1.807, 2.05) is 20.8 Å². The lowest BCUT2D eigenvalue weighted by atomic mass is 9.84. The maximum atomic E-state index is 12.6. The Kier molecular flexibility index (Phi) is 12.7. The number of hydrogen-bond donors (Lipinski definition) is 2. The van der Waals surface area contributed by atoms with Crippen molar-refractivity contribution in [3.63, 3.8) is 0 Å². The molecule has 1 saturated heterocycles. The van der Waals surface area contributed by atoms with Gasteiger partial charge in [-0.1, -0.05) is 31.9 Å². The van der Waals surface area contributed by atoms with Gasteiger partial charge in [-0.05, 0) is 71.1 Å². The van der Waals surface area contributed by atoms with Crippen molar-refractivity contribution in [1.82, 2.24) is 5.32 Å². The van der Waals surface area contributed by atoms with E-state index in [4.69, 9.17) is 14.2 Å². The highest BCUT2D eigenvalue weighted by Gasteiger charge is 2.45. The molecule has 208 valence electrons. The maximum absolute atomic E-state index is 12.6. The molecule has 2 rings (SSSR count). The van der Waals surface area contributed by atoms with E-state index in [-0.39, 0.29) is 23.8 Å². The number of alkyl carbamates (subject to hydrolysis) is 1. The number of ether oxygens (including phenoxy) is 4. The molecular formula is C28H49NO7. The van der Waals surface area contributed by atoms with Crippen molar-refractivity contribution in [2.75, 3.05) is 20.3 Å². The molecule has 1 saturated carbocycles. The minimum Gasteiger partial charge on any atom is -0.469 e. The van der Waals surface area contributed by atoms with E-state index in [1.165, 1.54) is 7.11 Å². The van der Waals surface area contributed by atoms with Gasteiger partial charge in [-0.3, -0.25) is 4.79 Å². The van der Waals surface area contributed by atoms with E-state index in [1.54, 1.807) is 0 Å². The second-order valence-electron chi connectivity index (χ2n) is 11.2. The van der Waals surface area contributed by atoms with Gasteiger partial charge >= 0.3 is 12.1 Å². The third-order valence-corrected chi connectivity index (χ3v) is 7.15. The van der Waals surface area contributed by atoms with Crippen LogP contribution < -0.4 is 5.32 Å². The Bertz CT molecular complexity index is 697. The van der Waals surface area contributed by atoms with Crippen LogP contribution >= 0.6 is 0 Å². The van der Waals surface area contributed by atoms with Crippen LogP contribution in [0.2, 0.25) is 0 Å². The van der Waals surface area contributed by atoms with Crippen molar-refractivity contribution in [3.05, 3.63) is 12.2 Å². The highest BCUT2D eigenvalue weighted by molar-refractivity contribution is 5.69. The van der Waals surface area contributed by atoms with Gasteiger partial charge in [0.2, 0.25) is 0 Å². The number of rotatable bonds is 14. The highest BCUT2D eigenvalue weighted by atomic mass is 16.7. The average molecular weight is 512 g/mol. The molecule has 0 aromatic rings. The van der Waals surface area contributed by atoms with Gasteiger partial charge in [-0.2, -0.15) is 0 Å². The Morgan fingerprint density at radius 1 is 1.08 bits per heavy atom. The van der Waals surface area contributed by atoms with Crippen molar-refractivity contribution >= 4 is 12.1 Å². The number of hydrogen-bond acceptors (Lipinski definition) is 7. The molecule has 0 radical (unpaired) electrons. The van der Waals surface area contributed by atoms with Crippen molar-refractivity contribution in [2.24, 2.45) is 11.8 Å². The van der Waals surface area contributed by atoms with Crippen molar-refractivity contribution in [1.29, 1.82) is 0 Å². The fraction of sp³-hybridized carbons (Fsp3) is 0.857. The van der Waals surface area contributed by atoms with Gasteiger partial charge in [0.25, 0.3) is 0 Å². The molecule has 1 heterocycles. The van der Waals surface area contributed by atoms with Crippen molar-refractivity contribution in [3.8, 4) is 0 Å². The number of allylic oxidation sites excluding steroid dienone is 2. The summed E-state index contributed by atoms with van der Waals surface area (Å²) in [6.07, 6.45) is 12.0. The fourth-order valence-electron chi connectivity index (χ4n) is 5.34. The molecule has 0 spiro atoms. The topological polar surface area (TPSA) is 103 Å². The van der Waals surface area contributed by atoms with Gasteiger partial charge in [0.15, 0.2) is 5.79 Å². The lowest BCUT2D eigenvalue weighted by Crippen LogP contribution is -2.42. The summed E-state index contributed by atoms with van der Waals surface area (Å²) in [4.78, 5) is 23.9. The number of aliphatic hydroxyl groups is 1. The van der Waals surface area contributed by atoms with Crippen LogP contribution in [-0.4, -0.2) is 61.0 Å². The predicted octanol–water partition coefficient (Wildman–Crippen LogP) is 5.27. The van der Waals surface area contributed by atoms with Gasteiger partial charge in [0, 0.05) is 25.3 Å². The summed E-state index contributed by atoms with van der Waals surface area (Å²) in [6, 6.07) is -0.179. The highest BCUT2D eigenvalue weighted by Crippen LogP contribution is 2.41. The summed E-state index contributed by atoms with van der Waals surface area (Å²) in [5.41, 5.74) is -0.585. The van der Waals surface area contributed by atoms with Gasteiger partial charge in [0.1, 0.15) is 5.60 Å². The Balaban J connectivity index is 2.04. The minimum absolute atomic E-state index is 0.0101. The van der Waals surface area contributed by atoms with Crippen LogP contribution in [0.4, 0.5) is 4.79 Å². The number of esters is 1. The van der Waals surface area contributed by atoms with Gasteiger partial charge < -0.3 is 29.4 Å².